The van der Waals surface area contributed by atoms with Gasteiger partial charge in [-0.15, -0.1) is 11.3 Å². The fourth-order valence-corrected chi connectivity index (χ4v) is 3.02. The molecule has 0 radical (unpaired) electrons. The molecule has 0 bridgehead atoms. The Hall–Kier alpha value is -2.61. The van der Waals surface area contributed by atoms with Gasteiger partial charge in [0.05, 0.1) is 18.9 Å². The average Bonchev–Trinajstić information content (AvgIpc) is 2.93. The first-order valence-electron chi connectivity index (χ1n) is 6.47. The van der Waals surface area contributed by atoms with Crippen molar-refractivity contribution in [1.29, 1.82) is 0 Å². The number of hydrogen-bond acceptors (Lipinski definition) is 8. The monoisotopic (exact) mass is 338 g/mol. The largest absolute Gasteiger partial charge is 0.493 e. The molecule has 0 aliphatic rings. The predicted octanol–water partition coefficient (Wildman–Crippen LogP) is 2.55. The first-order chi connectivity index (χ1) is 10.9. The van der Waals surface area contributed by atoms with Crippen molar-refractivity contribution in [3.63, 3.8) is 0 Å². The summed E-state index contributed by atoms with van der Waals surface area (Å²) in [6.07, 6.45) is 0. The van der Waals surface area contributed by atoms with Crippen LogP contribution < -0.4 is 14.2 Å². The van der Waals surface area contributed by atoms with Gasteiger partial charge in [0.15, 0.2) is 11.5 Å². The first-order valence-corrected chi connectivity index (χ1v) is 7.28. The Morgan fingerprint density at radius 1 is 0.957 bits per heavy atom. The Bertz CT molecular complexity index is 791. The lowest BCUT2D eigenvalue weighted by Gasteiger charge is -2.12. The van der Waals surface area contributed by atoms with Crippen molar-refractivity contribution in [1.82, 2.24) is 0 Å². The molecule has 0 unspecified atom stereocenters. The molecular weight excluding hydrogens is 324 g/mol. The minimum Gasteiger partial charge on any atom is -0.493 e. The second-order valence-electron chi connectivity index (χ2n) is 4.44. The third-order valence-electron chi connectivity index (χ3n) is 2.80. The molecule has 1 aromatic carbocycles. The van der Waals surface area contributed by atoms with Crippen molar-refractivity contribution >= 4 is 39.3 Å². The topological polar surface area (TPSA) is 88.1 Å². The number of ether oxygens (including phenoxy) is 4. The van der Waals surface area contributed by atoms with E-state index in [2.05, 4.69) is 4.74 Å². The fourth-order valence-electron chi connectivity index (χ4n) is 1.95. The van der Waals surface area contributed by atoms with Crippen LogP contribution in [0.25, 0.3) is 10.1 Å². The molecule has 2 rings (SSSR count). The van der Waals surface area contributed by atoms with Gasteiger partial charge in [-0.05, 0) is 6.07 Å². The molecule has 0 saturated heterocycles. The maximum Gasteiger partial charge on any atom is 0.348 e. The van der Waals surface area contributed by atoms with E-state index in [9.17, 15) is 14.4 Å². The van der Waals surface area contributed by atoms with Crippen LogP contribution in [0.4, 0.5) is 0 Å². The highest BCUT2D eigenvalue weighted by Gasteiger charge is 2.22. The molecule has 0 aliphatic heterocycles. The number of fused-ring (bicyclic) bond motifs is 1. The maximum absolute atomic E-state index is 11.7. The van der Waals surface area contributed by atoms with Gasteiger partial charge in [0.1, 0.15) is 10.6 Å². The van der Waals surface area contributed by atoms with Gasteiger partial charge in [0.2, 0.25) is 0 Å². The zero-order chi connectivity index (χ0) is 17.1. The van der Waals surface area contributed by atoms with Crippen LogP contribution in [0.3, 0.4) is 0 Å². The lowest BCUT2D eigenvalue weighted by Crippen LogP contribution is -2.05. The van der Waals surface area contributed by atoms with E-state index in [0.717, 1.165) is 11.3 Å². The van der Waals surface area contributed by atoms with E-state index in [1.54, 1.807) is 0 Å². The Labute approximate surface area is 135 Å². The van der Waals surface area contributed by atoms with Crippen molar-refractivity contribution in [3.8, 4) is 17.2 Å². The molecule has 1 aromatic heterocycles. The second-order valence-corrected chi connectivity index (χ2v) is 5.49. The van der Waals surface area contributed by atoms with Gasteiger partial charge in [-0.1, -0.05) is 0 Å². The Morgan fingerprint density at radius 2 is 1.61 bits per heavy atom. The molecule has 0 fully saturated rings. The molecular formula is C15H14O7S. The quantitative estimate of drug-likeness (QED) is 0.625. The van der Waals surface area contributed by atoms with Gasteiger partial charge in [0, 0.05) is 25.3 Å². The maximum atomic E-state index is 11.7. The standard InChI is InChI=1S/C15H14O7S/c1-7(16)21-10-6-11(19-3)13(22-8(2)17)14-9(10)5-12(23-14)15(18)20-4/h5-6H,1-4H3. The van der Waals surface area contributed by atoms with Gasteiger partial charge in [-0.25, -0.2) is 4.79 Å². The summed E-state index contributed by atoms with van der Waals surface area (Å²) in [7, 11) is 2.65. The molecule has 0 saturated carbocycles. The average molecular weight is 338 g/mol. The van der Waals surface area contributed by atoms with Crippen molar-refractivity contribution in [3.05, 3.63) is 17.0 Å². The molecule has 8 heteroatoms. The first kappa shape index (κ1) is 16.8. The van der Waals surface area contributed by atoms with E-state index in [4.69, 9.17) is 14.2 Å². The third kappa shape index (κ3) is 3.42. The minimum atomic E-state index is -0.548. The molecule has 7 nitrogen and oxygen atoms in total. The Balaban J connectivity index is 2.76. The van der Waals surface area contributed by atoms with Gasteiger partial charge in [-0.3, -0.25) is 9.59 Å². The fraction of sp³-hybridized carbons (Fsp3) is 0.267. The van der Waals surface area contributed by atoms with E-state index in [0.29, 0.717) is 10.1 Å². The van der Waals surface area contributed by atoms with E-state index in [-0.39, 0.29) is 22.1 Å². The summed E-state index contributed by atoms with van der Waals surface area (Å²) in [5, 5.41) is 0.447. The summed E-state index contributed by atoms with van der Waals surface area (Å²) in [6.45, 7) is 2.51. The van der Waals surface area contributed by atoms with E-state index < -0.39 is 17.9 Å². The molecule has 122 valence electrons. The number of carbonyl (C=O) groups excluding carboxylic acids is 3. The smallest absolute Gasteiger partial charge is 0.348 e. The molecule has 0 atom stereocenters. The van der Waals surface area contributed by atoms with Gasteiger partial charge >= 0.3 is 17.9 Å². The van der Waals surface area contributed by atoms with Crippen molar-refractivity contribution < 1.29 is 33.3 Å². The number of esters is 3. The highest BCUT2D eigenvalue weighted by Crippen LogP contribution is 2.46. The molecule has 0 aliphatic carbocycles. The van der Waals surface area contributed by atoms with Crippen LogP contribution in [0.1, 0.15) is 23.5 Å². The summed E-state index contributed by atoms with van der Waals surface area (Å²) in [5.74, 6) is -1.05. The lowest BCUT2D eigenvalue weighted by atomic mass is 10.2. The van der Waals surface area contributed by atoms with Crippen LogP contribution in [0.5, 0.6) is 17.2 Å². The molecule has 0 amide bonds. The predicted molar refractivity (Wildman–Crippen MR) is 82.3 cm³/mol. The SMILES string of the molecule is COC(=O)c1cc2c(OC(C)=O)cc(OC)c(OC(C)=O)c2s1. The van der Waals surface area contributed by atoms with Crippen LogP contribution >= 0.6 is 11.3 Å². The third-order valence-corrected chi connectivity index (χ3v) is 3.91. The summed E-state index contributed by atoms with van der Waals surface area (Å²) in [6, 6.07) is 2.94. The zero-order valence-corrected chi connectivity index (χ0v) is 13.7. The van der Waals surface area contributed by atoms with Gasteiger partial charge in [0.25, 0.3) is 0 Å². The molecule has 1 heterocycles. The lowest BCUT2D eigenvalue weighted by molar-refractivity contribution is -0.133. The van der Waals surface area contributed by atoms with E-state index in [1.807, 2.05) is 0 Å². The minimum absolute atomic E-state index is 0.158. The Morgan fingerprint density at radius 3 is 2.13 bits per heavy atom. The molecule has 0 spiro atoms. The van der Waals surface area contributed by atoms with Crippen LogP contribution in [0, 0.1) is 0 Å². The number of carbonyl (C=O) groups is 3. The molecule has 0 N–H and O–H groups in total. The molecule has 2 aromatic rings. The zero-order valence-electron chi connectivity index (χ0n) is 12.9. The summed E-state index contributed by atoms with van der Waals surface area (Å²) >= 11 is 1.05. The Kier molecular flexibility index (Phi) is 4.85. The van der Waals surface area contributed by atoms with Gasteiger partial charge < -0.3 is 18.9 Å². The van der Waals surface area contributed by atoms with Crippen molar-refractivity contribution in [2.45, 2.75) is 13.8 Å². The second kappa shape index (κ2) is 6.66. The highest BCUT2D eigenvalue weighted by molar-refractivity contribution is 7.21. The van der Waals surface area contributed by atoms with E-state index in [1.165, 1.54) is 40.2 Å². The van der Waals surface area contributed by atoms with Crippen LogP contribution in [-0.2, 0) is 14.3 Å². The van der Waals surface area contributed by atoms with Crippen molar-refractivity contribution in [2.24, 2.45) is 0 Å². The molecule has 23 heavy (non-hydrogen) atoms. The van der Waals surface area contributed by atoms with E-state index >= 15 is 0 Å². The number of benzene rings is 1. The summed E-state index contributed by atoms with van der Waals surface area (Å²) in [4.78, 5) is 34.6. The van der Waals surface area contributed by atoms with Crippen molar-refractivity contribution in [2.75, 3.05) is 14.2 Å². The van der Waals surface area contributed by atoms with Crippen LogP contribution in [-0.4, -0.2) is 32.1 Å². The number of methoxy groups -OCH3 is 2. The highest BCUT2D eigenvalue weighted by atomic mass is 32.1. The van der Waals surface area contributed by atoms with Gasteiger partial charge in [-0.2, -0.15) is 0 Å². The normalized spacial score (nSPS) is 10.3. The number of hydrogen-bond donors (Lipinski definition) is 0. The van der Waals surface area contributed by atoms with Crippen LogP contribution in [0.2, 0.25) is 0 Å². The summed E-state index contributed by atoms with van der Waals surface area (Å²) < 4.78 is 20.7. The number of rotatable bonds is 4. The number of thiophene rings is 1. The van der Waals surface area contributed by atoms with Crippen LogP contribution in [0.15, 0.2) is 12.1 Å². The summed E-state index contributed by atoms with van der Waals surface area (Å²) in [5.41, 5.74) is 0.